The zero-order valence-electron chi connectivity index (χ0n) is 42.0. The summed E-state index contributed by atoms with van der Waals surface area (Å²) in [5, 5.41) is 0. The molecule has 0 aromatic heterocycles. The van der Waals surface area contributed by atoms with Crippen molar-refractivity contribution in [3.63, 3.8) is 0 Å². The van der Waals surface area contributed by atoms with Crippen molar-refractivity contribution >= 4 is 17.9 Å². The molecule has 0 radical (unpaired) electrons. The van der Waals surface area contributed by atoms with Gasteiger partial charge in [0, 0.05) is 19.3 Å². The largest absolute Gasteiger partial charge is 0.462 e. The standard InChI is InChI=1S/C55H106O6/c1-49(2)41-35-29-23-18-14-10-8-7-9-11-17-21-27-34-40-46-55(58)61-52(48-60-54(57)45-39-33-28-22-25-31-37-43-51(5)6)47-59-53(56)44-38-32-26-20-16-13-12-15-19-24-30-36-42-50(3)4/h49-52H,7-48H2,1-6H3/t52-/m1/s1. The van der Waals surface area contributed by atoms with Gasteiger partial charge < -0.3 is 14.2 Å². The second kappa shape index (κ2) is 46.4. The quantitative estimate of drug-likeness (QED) is 0.0344. The molecule has 0 aliphatic heterocycles. The Kier molecular flexibility index (Phi) is 45.2. The van der Waals surface area contributed by atoms with Crippen LogP contribution in [0.4, 0.5) is 0 Å². The third-order valence-electron chi connectivity index (χ3n) is 12.4. The molecule has 6 nitrogen and oxygen atoms in total. The Hall–Kier alpha value is -1.59. The number of carbonyl (C=O) groups excluding carboxylic acids is 3. The van der Waals surface area contributed by atoms with Crippen LogP contribution in [0.1, 0.15) is 298 Å². The molecule has 0 bridgehead atoms. The molecule has 0 aromatic carbocycles. The number of rotatable bonds is 48. The molecule has 0 amide bonds. The van der Waals surface area contributed by atoms with Gasteiger partial charge in [-0.1, -0.05) is 260 Å². The second-order valence-corrected chi connectivity index (χ2v) is 20.3. The molecule has 0 unspecified atom stereocenters. The van der Waals surface area contributed by atoms with Crippen LogP contribution in [0.2, 0.25) is 0 Å². The molecule has 0 saturated carbocycles. The summed E-state index contributed by atoms with van der Waals surface area (Å²) in [7, 11) is 0. The van der Waals surface area contributed by atoms with Crippen molar-refractivity contribution in [1.29, 1.82) is 0 Å². The van der Waals surface area contributed by atoms with Crippen LogP contribution in [0.15, 0.2) is 0 Å². The maximum Gasteiger partial charge on any atom is 0.306 e. The monoisotopic (exact) mass is 863 g/mol. The number of hydrogen-bond acceptors (Lipinski definition) is 6. The summed E-state index contributed by atoms with van der Waals surface area (Å²) < 4.78 is 16.8. The van der Waals surface area contributed by atoms with E-state index in [0.717, 1.165) is 75.5 Å². The molecule has 362 valence electrons. The van der Waals surface area contributed by atoms with Gasteiger partial charge in [0.05, 0.1) is 0 Å². The lowest BCUT2D eigenvalue weighted by atomic mass is 10.0. The smallest absolute Gasteiger partial charge is 0.306 e. The number of esters is 3. The first kappa shape index (κ1) is 59.4. The van der Waals surface area contributed by atoms with Gasteiger partial charge in [0.2, 0.25) is 0 Å². The van der Waals surface area contributed by atoms with Crippen molar-refractivity contribution in [1.82, 2.24) is 0 Å². The Morgan fingerprint density at radius 2 is 0.475 bits per heavy atom. The molecule has 0 fully saturated rings. The van der Waals surface area contributed by atoms with Crippen LogP contribution in [-0.2, 0) is 28.6 Å². The van der Waals surface area contributed by atoms with Crippen LogP contribution in [-0.4, -0.2) is 37.2 Å². The zero-order valence-corrected chi connectivity index (χ0v) is 42.0. The number of hydrogen-bond donors (Lipinski definition) is 0. The van der Waals surface area contributed by atoms with Crippen LogP contribution in [0, 0.1) is 17.8 Å². The van der Waals surface area contributed by atoms with E-state index in [1.807, 2.05) is 0 Å². The van der Waals surface area contributed by atoms with Crippen LogP contribution in [0.25, 0.3) is 0 Å². The molecule has 6 heteroatoms. The molecule has 0 aliphatic carbocycles. The molecule has 1 atom stereocenters. The maximum atomic E-state index is 12.8. The molecule has 0 aromatic rings. The first-order valence-corrected chi connectivity index (χ1v) is 27.1. The van der Waals surface area contributed by atoms with Gasteiger partial charge >= 0.3 is 17.9 Å². The van der Waals surface area contributed by atoms with E-state index in [2.05, 4.69) is 41.5 Å². The van der Waals surface area contributed by atoms with Crippen molar-refractivity contribution in [2.75, 3.05) is 13.2 Å². The van der Waals surface area contributed by atoms with Crippen molar-refractivity contribution in [3.8, 4) is 0 Å². The van der Waals surface area contributed by atoms with E-state index in [9.17, 15) is 14.4 Å². The average molecular weight is 863 g/mol. The Morgan fingerprint density at radius 3 is 0.705 bits per heavy atom. The van der Waals surface area contributed by atoms with Crippen molar-refractivity contribution in [3.05, 3.63) is 0 Å². The maximum absolute atomic E-state index is 12.8. The van der Waals surface area contributed by atoms with Gasteiger partial charge in [-0.05, 0) is 37.0 Å². The lowest BCUT2D eigenvalue weighted by Crippen LogP contribution is -2.30. The molecule has 0 N–H and O–H groups in total. The molecule has 0 heterocycles. The molecule has 0 saturated heterocycles. The van der Waals surface area contributed by atoms with E-state index < -0.39 is 6.10 Å². The van der Waals surface area contributed by atoms with E-state index in [4.69, 9.17) is 14.2 Å². The highest BCUT2D eigenvalue weighted by molar-refractivity contribution is 5.71. The van der Waals surface area contributed by atoms with Crippen molar-refractivity contribution < 1.29 is 28.6 Å². The summed E-state index contributed by atoms with van der Waals surface area (Å²) in [6.07, 6.45) is 46.7. The van der Waals surface area contributed by atoms with E-state index in [-0.39, 0.29) is 31.1 Å². The van der Waals surface area contributed by atoms with Crippen LogP contribution < -0.4 is 0 Å². The van der Waals surface area contributed by atoms with Gasteiger partial charge in [0.15, 0.2) is 6.10 Å². The molecular weight excluding hydrogens is 757 g/mol. The third kappa shape index (κ3) is 49.3. The van der Waals surface area contributed by atoms with Gasteiger partial charge in [-0.2, -0.15) is 0 Å². The number of carbonyl (C=O) groups is 3. The fraction of sp³-hybridized carbons (Fsp3) is 0.945. The fourth-order valence-electron chi connectivity index (χ4n) is 8.29. The van der Waals surface area contributed by atoms with Gasteiger partial charge in [-0.15, -0.1) is 0 Å². The SMILES string of the molecule is CC(C)CCCCCCCCCCCCCCCCCC(=O)O[C@H](COC(=O)CCCCCCCCCCCCCCC(C)C)COC(=O)CCCCCCCCCC(C)C. The average Bonchev–Trinajstić information content (AvgIpc) is 3.22. The minimum absolute atomic E-state index is 0.0647. The summed E-state index contributed by atoms with van der Waals surface area (Å²) >= 11 is 0. The number of unbranched alkanes of at least 4 members (excludes halogenated alkanes) is 31. The first-order chi connectivity index (χ1) is 29.6. The van der Waals surface area contributed by atoms with Crippen molar-refractivity contribution in [2.24, 2.45) is 17.8 Å². The topological polar surface area (TPSA) is 78.9 Å². The van der Waals surface area contributed by atoms with E-state index in [1.54, 1.807) is 0 Å². The van der Waals surface area contributed by atoms with Gasteiger partial charge in [-0.25, -0.2) is 0 Å². The summed E-state index contributed by atoms with van der Waals surface area (Å²) in [5.74, 6) is 1.61. The zero-order chi connectivity index (χ0) is 44.9. The second-order valence-electron chi connectivity index (χ2n) is 20.3. The summed E-state index contributed by atoms with van der Waals surface area (Å²) in [4.78, 5) is 38.0. The fourth-order valence-corrected chi connectivity index (χ4v) is 8.29. The molecule has 61 heavy (non-hydrogen) atoms. The highest BCUT2D eigenvalue weighted by Gasteiger charge is 2.19. The van der Waals surface area contributed by atoms with Crippen molar-refractivity contribution in [2.45, 2.75) is 304 Å². The predicted molar refractivity (Wildman–Crippen MR) is 261 cm³/mol. The summed E-state index contributed by atoms with van der Waals surface area (Å²) in [6.45, 7) is 13.7. The van der Waals surface area contributed by atoms with Crippen LogP contribution in [0.3, 0.4) is 0 Å². The minimum Gasteiger partial charge on any atom is -0.462 e. The highest BCUT2D eigenvalue weighted by Crippen LogP contribution is 2.18. The Morgan fingerprint density at radius 1 is 0.279 bits per heavy atom. The third-order valence-corrected chi connectivity index (χ3v) is 12.4. The molecule has 0 spiro atoms. The highest BCUT2D eigenvalue weighted by atomic mass is 16.6. The Balaban J connectivity index is 4.27. The van der Waals surface area contributed by atoms with Crippen LogP contribution >= 0.6 is 0 Å². The molecule has 0 aliphatic rings. The summed E-state index contributed by atoms with van der Waals surface area (Å²) in [6, 6.07) is 0. The first-order valence-electron chi connectivity index (χ1n) is 27.1. The van der Waals surface area contributed by atoms with Crippen LogP contribution in [0.5, 0.6) is 0 Å². The van der Waals surface area contributed by atoms with Gasteiger partial charge in [-0.3, -0.25) is 14.4 Å². The van der Waals surface area contributed by atoms with Gasteiger partial charge in [0.1, 0.15) is 13.2 Å². The van der Waals surface area contributed by atoms with E-state index in [1.165, 1.54) is 180 Å². The van der Waals surface area contributed by atoms with E-state index >= 15 is 0 Å². The van der Waals surface area contributed by atoms with E-state index in [0.29, 0.717) is 19.3 Å². The normalized spacial score (nSPS) is 12.1. The number of ether oxygens (including phenoxy) is 3. The predicted octanol–water partition coefficient (Wildman–Crippen LogP) is 17.6. The molecular formula is C55H106O6. The molecule has 0 rings (SSSR count). The Labute approximate surface area is 380 Å². The lowest BCUT2D eigenvalue weighted by Gasteiger charge is -2.18. The lowest BCUT2D eigenvalue weighted by molar-refractivity contribution is -0.167. The van der Waals surface area contributed by atoms with Gasteiger partial charge in [0.25, 0.3) is 0 Å². The minimum atomic E-state index is -0.763. The summed E-state index contributed by atoms with van der Waals surface area (Å²) in [5.41, 5.74) is 0. The Bertz CT molecular complexity index is 945.